The predicted molar refractivity (Wildman–Crippen MR) is 79.2 cm³/mol. The summed E-state index contributed by atoms with van der Waals surface area (Å²) in [6.07, 6.45) is 1.42. The normalized spacial score (nSPS) is 10.3. The third kappa shape index (κ3) is 2.15. The third-order valence-corrected chi connectivity index (χ3v) is 3.31. The summed E-state index contributed by atoms with van der Waals surface area (Å²) in [4.78, 5) is 12.5. The second-order valence-electron chi connectivity index (χ2n) is 4.50. The number of nitrogens with zero attached hydrogens (tertiary/aromatic N) is 1. The number of nitriles is 1. The van der Waals surface area contributed by atoms with Gasteiger partial charge < -0.3 is 9.15 Å². The Morgan fingerprint density at radius 3 is 2.76 bits per heavy atom. The van der Waals surface area contributed by atoms with Crippen molar-refractivity contribution in [3.8, 4) is 22.9 Å². The molecule has 0 unspecified atom stereocenters. The van der Waals surface area contributed by atoms with Gasteiger partial charge in [0, 0.05) is 0 Å². The van der Waals surface area contributed by atoms with Crippen LogP contribution in [0.2, 0.25) is 0 Å². The van der Waals surface area contributed by atoms with Gasteiger partial charge in [0.05, 0.1) is 23.6 Å². The molecule has 0 spiro atoms. The average Bonchev–Trinajstić information content (AvgIpc) is 2.55. The van der Waals surface area contributed by atoms with Gasteiger partial charge in [0.15, 0.2) is 5.43 Å². The van der Waals surface area contributed by atoms with Gasteiger partial charge in [0.1, 0.15) is 23.7 Å². The molecule has 102 valence electrons. The van der Waals surface area contributed by atoms with Gasteiger partial charge in [-0.2, -0.15) is 5.26 Å². The molecule has 0 saturated heterocycles. The van der Waals surface area contributed by atoms with Crippen LogP contribution in [0.25, 0.3) is 22.1 Å². The van der Waals surface area contributed by atoms with E-state index in [4.69, 9.17) is 14.4 Å². The maximum atomic E-state index is 12.5. The summed E-state index contributed by atoms with van der Waals surface area (Å²) in [5.74, 6) is 0.478. The second kappa shape index (κ2) is 5.14. The minimum atomic E-state index is -0.120. The topological polar surface area (TPSA) is 63.2 Å². The van der Waals surface area contributed by atoms with E-state index in [2.05, 4.69) is 6.07 Å². The SMILES string of the molecule is COc1ccc(-c2coc3ccccc3c2=O)cc1C#N. The maximum Gasteiger partial charge on any atom is 0.200 e. The Morgan fingerprint density at radius 1 is 1.19 bits per heavy atom. The first kappa shape index (κ1) is 12.9. The van der Waals surface area contributed by atoms with E-state index in [0.29, 0.717) is 33.4 Å². The first-order valence-corrected chi connectivity index (χ1v) is 6.33. The molecule has 4 nitrogen and oxygen atoms in total. The summed E-state index contributed by atoms with van der Waals surface area (Å²) < 4.78 is 10.6. The average molecular weight is 277 g/mol. The molecule has 0 aliphatic carbocycles. The molecule has 0 bridgehead atoms. The number of methoxy groups -OCH3 is 1. The summed E-state index contributed by atoms with van der Waals surface area (Å²) in [6.45, 7) is 0. The third-order valence-electron chi connectivity index (χ3n) is 3.31. The highest BCUT2D eigenvalue weighted by atomic mass is 16.5. The molecule has 0 radical (unpaired) electrons. The van der Waals surface area contributed by atoms with Crippen LogP contribution in [0, 0.1) is 11.3 Å². The van der Waals surface area contributed by atoms with E-state index in [1.165, 1.54) is 13.4 Å². The van der Waals surface area contributed by atoms with Crippen LogP contribution in [0.5, 0.6) is 5.75 Å². The van der Waals surface area contributed by atoms with Crippen molar-refractivity contribution in [3.63, 3.8) is 0 Å². The summed E-state index contributed by atoms with van der Waals surface area (Å²) in [5.41, 5.74) is 1.86. The summed E-state index contributed by atoms with van der Waals surface area (Å²) in [5, 5.41) is 9.65. The molecule has 0 N–H and O–H groups in total. The summed E-state index contributed by atoms with van der Waals surface area (Å²) in [7, 11) is 1.50. The number of hydrogen-bond donors (Lipinski definition) is 0. The Hall–Kier alpha value is -3.06. The first-order valence-electron chi connectivity index (χ1n) is 6.33. The van der Waals surface area contributed by atoms with E-state index >= 15 is 0 Å². The zero-order valence-electron chi connectivity index (χ0n) is 11.3. The van der Waals surface area contributed by atoms with Crippen LogP contribution >= 0.6 is 0 Å². The van der Waals surface area contributed by atoms with Gasteiger partial charge in [0.2, 0.25) is 0 Å². The molecule has 1 aromatic heterocycles. The zero-order chi connectivity index (χ0) is 14.8. The largest absolute Gasteiger partial charge is 0.495 e. The van der Waals surface area contributed by atoms with E-state index in [9.17, 15) is 4.79 Å². The van der Waals surface area contributed by atoms with Crippen molar-refractivity contribution in [2.45, 2.75) is 0 Å². The minimum Gasteiger partial charge on any atom is -0.495 e. The molecule has 3 rings (SSSR count). The monoisotopic (exact) mass is 277 g/mol. The molecule has 0 aliphatic heterocycles. The highest BCUT2D eigenvalue weighted by Gasteiger charge is 2.11. The second-order valence-corrected chi connectivity index (χ2v) is 4.50. The predicted octanol–water partition coefficient (Wildman–Crippen LogP) is 3.34. The van der Waals surface area contributed by atoms with Crippen LogP contribution in [-0.2, 0) is 0 Å². The summed E-state index contributed by atoms with van der Waals surface area (Å²) >= 11 is 0. The quantitative estimate of drug-likeness (QED) is 0.720. The lowest BCUT2D eigenvalue weighted by Gasteiger charge is -2.06. The van der Waals surface area contributed by atoms with E-state index < -0.39 is 0 Å². The van der Waals surface area contributed by atoms with Gasteiger partial charge >= 0.3 is 0 Å². The Kier molecular flexibility index (Phi) is 3.17. The fourth-order valence-corrected chi connectivity index (χ4v) is 2.24. The molecule has 4 heteroatoms. The van der Waals surface area contributed by atoms with Crippen LogP contribution in [0.1, 0.15) is 5.56 Å². The molecular formula is C17H11NO3. The van der Waals surface area contributed by atoms with Crippen LogP contribution in [0.4, 0.5) is 0 Å². The number of rotatable bonds is 2. The molecule has 3 aromatic rings. The molecule has 2 aromatic carbocycles. The highest BCUT2D eigenvalue weighted by molar-refractivity contribution is 5.81. The van der Waals surface area contributed by atoms with Crippen molar-refractivity contribution >= 4 is 11.0 Å². The Bertz CT molecular complexity index is 919. The molecule has 1 heterocycles. The maximum absolute atomic E-state index is 12.5. The van der Waals surface area contributed by atoms with Crippen molar-refractivity contribution in [1.29, 1.82) is 5.26 Å². The highest BCUT2D eigenvalue weighted by Crippen LogP contribution is 2.25. The lowest BCUT2D eigenvalue weighted by molar-refractivity contribution is 0.413. The molecule has 21 heavy (non-hydrogen) atoms. The van der Waals surface area contributed by atoms with Gasteiger partial charge in [-0.1, -0.05) is 18.2 Å². The van der Waals surface area contributed by atoms with Gasteiger partial charge in [-0.3, -0.25) is 4.79 Å². The molecule has 0 fully saturated rings. The van der Waals surface area contributed by atoms with Crippen molar-refractivity contribution < 1.29 is 9.15 Å². The van der Waals surface area contributed by atoms with Crippen molar-refractivity contribution in [2.75, 3.05) is 7.11 Å². The van der Waals surface area contributed by atoms with Gasteiger partial charge in [0.25, 0.3) is 0 Å². The standard InChI is InChI=1S/C17H11NO3/c1-20-15-7-6-11(8-12(15)9-18)14-10-21-16-5-3-2-4-13(16)17(14)19/h2-8,10H,1H3. The number of ether oxygens (including phenoxy) is 1. The lowest BCUT2D eigenvalue weighted by Crippen LogP contribution is -2.04. The molecule has 0 saturated carbocycles. The minimum absolute atomic E-state index is 0.120. The number of fused-ring (bicyclic) bond motifs is 1. The number of para-hydroxylation sites is 1. The molecule has 0 aliphatic rings. The van der Waals surface area contributed by atoms with Gasteiger partial charge in [-0.25, -0.2) is 0 Å². The van der Waals surface area contributed by atoms with Gasteiger partial charge in [-0.15, -0.1) is 0 Å². The Balaban J connectivity index is 2.24. The molecule has 0 atom stereocenters. The molecule has 0 amide bonds. The zero-order valence-corrected chi connectivity index (χ0v) is 11.3. The first-order chi connectivity index (χ1) is 10.2. The molecular weight excluding hydrogens is 266 g/mol. The van der Waals surface area contributed by atoms with E-state index in [-0.39, 0.29) is 5.43 Å². The Labute approximate surface area is 120 Å². The van der Waals surface area contributed by atoms with Crippen molar-refractivity contribution in [3.05, 3.63) is 64.5 Å². The fraction of sp³-hybridized carbons (Fsp3) is 0.0588. The van der Waals surface area contributed by atoms with E-state index in [0.717, 1.165) is 0 Å². The Morgan fingerprint density at radius 2 is 2.00 bits per heavy atom. The van der Waals surface area contributed by atoms with Crippen molar-refractivity contribution in [1.82, 2.24) is 0 Å². The van der Waals surface area contributed by atoms with Crippen LogP contribution in [0.15, 0.2) is 57.9 Å². The van der Waals surface area contributed by atoms with Crippen LogP contribution in [0.3, 0.4) is 0 Å². The fourth-order valence-electron chi connectivity index (χ4n) is 2.24. The summed E-state index contributed by atoms with van der Waals surface area (Å²) in [6, 6.07) is 14.2. The number of hydrogen-bond acceptors (Lipinski definition) is 4. The number of benzene rings is 2. The smallest absolute Gasteiger partial charge is 0.200 e. The van der Waals surface area contributed by atoms with Crippen molar-refractivity contribution in [2.24, 2.45) is 0 Å². The lowest BCUT2D eigenvalue weighted by atomic mass is 10.0. The van der Waals surface area contributed by atoms with E-state index in [1.54, 1.807) is 36.4 Å². The van der Waals surface area contributed by atoms with Crippen LogP contribution in [-0.4, -0.2) is 7.11 Å². The van der Waals surface area contributed by atoms with Gasteiger partial charge in [-0.05, 0) is 29.8 Å². The van der Waals surface area contributed by atoms with E-state index in [1.807, 2.05) is 6.07 Å². The van der Waals surface area contributed by atoms with Crippen LogP contribution < -0.4 is 10.2 Å².